The minimum absolute atomic E-state index is 0.0422. The normalized spacial score (nSPS) is 22.4. The Balaban J connectivity index is 2.27. The van der Waals surface area contributed by atoms with Gasteiger partial charge in [0.2, 0.25) is 5.91 Å². The average molecular weight is 230 g/mol. The van der Waals surface area contributed by atoms with Gasteiger partial charge in [-0.2, -0.15) is 0 Å². The van der Waals surface area contributed by atoms with Crippen molar-refractivity contribution in [2.45, 2.75) is 32.4 Å². The minimum atomic E-state index is 0.0422. The van der Waals surface area contributed by atoms with Crippen molar-refractivity contribution < 1.29 is 14.6 Å². The highest BCUT2D eigenvalue weighted by Gasteiger charge is 2.22. The summed E-state index contributed by atoms with van der Waals surface area (Å²) in [5.41, 5.74) is 0. The van der Waals surface area contributed by atoms with Gasteiger partial charge in [-0.15, -0.1) is 0 Å². The summed E-state index contributed by atoms with van der Waals surface area (Å²) in [6.45, 7) is 6.70. The summed E-state index contributed by atoms with van der Waals surface area (Å²) in [6.07, 6.45) is 0.481. The molecule has 1 amide bonds. The van der Waals surface area contributed by atoms with Crippen LogP contribution in [-0.4, -0.2) is 60.9 Å². The number of nitrogens with one attached hydrogen (secondary N) is 1. The van der Waals surface area contributed by atoms with Crippen LogP contribution in [0.15, 0.2) is 0 Å². The van der Waals surface area contributed by atoms with E-state index in [0.717, 1.165) is 6.54 Å². The third-order valence-electron chi connectivity index (χ3n) is 2.64. The van der Waals surface area contributed by atoms with E-state index >= 15 is 0 Å². The number of morpholine rings is 1. The molecule has 1 rings (SSSR count). The maximum Gasteiger partial charge on any atom is 0.221 e. The van der Waals surface area contributed by atoms with Crippen molar-refractivity contribution in [1.82, 2.24) is 10.2 Å². The molecule has 0 spiro atoms. The van der Waals surface area contributed by atoms with Gasteiger partial charge >= 0.3 is 0 Å². The van der Waals surface area contributed by atoms with Crippen LogP contribution in [0.4, 0.5) is 0 Å². The van der Waals surface area contributed by atoms with Crippen LogP contribution in [0.3, 0.4) is 0 Å². The lowest BCUT2D eigenvalue weighted by molar-refractivity contribution is -0.122. The molecule has 0 bridgehead atoms. The van der Waals surface area contributed by atoms with Gasteiger partial charge in [0, 0.05) is 25.6 Å². The molecule has 1 heterocycles. The summed E-state index contributed by atoms with van der Waals surface area (Å²) >= 11 is 0. The predicted molar refractivity (Wildman–Crippen MR) is 61.2 cm³/mol. The summed E-state index contributed by atoms with van der Waals surface area (Å²) in [5.74, 6) is 0.0678. The monoisotopic (exact) mass is 230 g/mol. The highest BCUT2D eigenvalue weighted by molar-refractivity contribution is 5.76. The van der Waals surface area contributed by atoms with Crippen LogP contribution in [-0.2, 0) is 9.53 Å². The van der Waals surface area contributed by atoms with Crippen molar-refractivity contribution >= 4 is 5.91 Å². The molecule has 1 unspecified atom stereocenters. The van der Waals surface area contributed by atoms with Crippen LogP contribution in [0.2, 0.25) is 0 Å². The lowest BCUT2D eigenvalue weighted by Gasteiger charge is -2.34. The van der Waals surface area contributed by atoms with Crippen LogP contribution in [0.25, 0.3) is 0 Å². The fourth-order valence-corrected chi connectivity index (χ4v) is 1.79. The van der Waals surface area contributed by atoms with Gasteiger partial charge in [-0.25, -0.2) is 0 Å². The average Bonchev–Trinajstić information content (AvgIpc) is 2.26. The Morgan fingerprint density at radius 2 is 2.38 bits per heavy atom. The van der Waals surface area contributed by atoms with E-state index in [1.807, 2.05) is 13.8 Å². The molecular weight excluding hydrogens is 208 g/mol. The Morgan fingerprint density at radius 3 is 3.00 bits per heavy atom. The summed E-state index contributed by atoms with van der Waals surface area (Å²) in [7, 11) is 0. The number of amides is 1. The molecule has 0 aliphatic carbocycles. The third kappa shape index (κ3) is 4.47. The van der Waals surface area contributed by atoms with Crippen LogP contribution >= 0.6 is 0 Å². The number of nitrogens with zero attached hydrogens (tertiary/aromatic N) is 1. The van der Waals surface area contributed by atoms with Gasteiger partial charge in [-0.1, -0.05) is 0 Å². The number of aliphatic hydroxyl groups is 1. The van der Waals surface area contributed by atoms with Gasteiger partial charge in [-0.05, 0) is 13.8 Å². The quantitative estimate of drug-likeness (QED) is 0.674. The van der Waals surface area contributed by atoms with E-state index < -0.39 is 0 Å². The second kappa shape index (κ2) is 6.83. The van der Waals surface area contributed by atoms with Crippen LogP contribution < -0.4 is 5.32 Å². The van der Waals surface area contributed by atoms with Crippen LogP contribution in [0, 0.1) is 0 Å². The van der Waals surface area contributed by atoms with E-state index in [2.05, 4.69) is 10.2 Å². The molecule has 1 fully saturated rings. The van der Waals surface area contributed by atoms with E-state index in [-0.39, 0.29) is 24.6 Å². The van der Waals surface area contributed by atoms with Crippen molar-refractivity contribution in [3.63, 3.8) is 0 Å². The van der Waals surface area contributed by atoms with Crippen LogP contribution in [0.1, 0.15) is 20.3 Å². The highest BCUT2D eigenvalue weighted by Crippen LogP contribution is 2.06. The van der Waals surface area contributed by atoms with E-state index in [4.69, 9.17) is 9.84 Å². The lowest BCUT2D eigenvalue weighted by atomic mass is 10.2. The summed E-state index contributed by atoms with van der Waals surface area (Å²) in [4.78, 5) is 13.6. The molecule has 94 valence electrons. The third-order valence-corrected chi connectivity index (χ3v) is 2.64. The Morgan fingerprint density at radius 1 is 1.62 bits per heavy atom. The molecular formula is C11H22N2O3. The molecule has 0 saturated carbocycles. The number of hydrogen-bond donors (Lipinski definition) is 2. The second-order valence-electron chi connectivity index (χ2n) is 4.42. The molecule has 1 atom stereocenters. The summed E-state index contributed by atoms with van der Waals surface area (Å²) in [6, 6.07) is 0.228. The number of carbonyl (C=O) groups excluding carboxylic acids is 1. The molecule has 0 aromatic heterocycles. The molecule has 1 aliphatic heterocycles. The summed E-state index contributed by atoms with van der Waals surface area (Å²) in [5, 5.41) is 12.0. The zero-order valence-corrected chi connectivity index (χ0v) is 10.1. The first-order valence-electron chi connectivity index (χ1n) is 5.85. The van der Waals surface area contributed by atoms with Crippen LogP contribution in [0.5, 0.6) is 0 Å². The minimum Gasteiger partial charge on any atom is -0.395 e. The van der Waals surface area contributed by atoms with Gasteiger partial charge in [0.25, 0.3) is 0 Å². The molecule has 2 N–H and O–H groups in total. The smallest absolute Gasteiger partial charge is 0.221 e. The Hall–Kier alpha value is -0.650. The topological polar surface area (TPSA) is 61.8 Å². The van der Waals surface area contributed by atoms with E-state index in [1.165, 1.54) is 0 Å². The van der Waals surface area contributed by atoms with Gasteiger partial charge in [0.15, 0.2) is 0 Å². The van der Waals surface area contributed by atoms with Crippen molar-refractivity contribution in [3.05, 3.63) is 0 Å². The van der Waals surface area contributed by atoms with Crippen molar-refractivity contribution in [2.75, 3.05) is 32.9 Å². The molecule has 1 saturated heterocycles. The van der Waals surface area contributed by atoms with Crippen molar-refractivity contribution in [1.29, 1.82) is 0 Å². The molecule has 16 heavy (non-hydrogen) atoms. The Labute approximate surface area is 96.8 Å². The SMILES string of the molecule is CC(C)NC(=O)CCN1CCOCC1CO. The molecule has 5 heteroatoms. The van der Waals surface area contributed by atoms with Gasteiger partial charge in [-0.3, -0.25) is 9.69 Å². The number of hydrogen-bond acceptors (Lipinski definition) is 4. The Kier molecular flexibility index (Phi) is 5.73. The molecule has 0 aromatic carbocycles. The maximum atomic E-state index is 11.5. The first-order valence-corrected chi connectivity index (χ1v) is 5.85. The Bertz CT molecular complexity index is 221. The zero-order chi connectivity index (χ0) is 12.0. The highest BCUT2D eigenvalue weighted by atomic mass is 16.5. The van der Waals surface area contributed by atoms with Crippen molar-refractivity contribution in [2.24, 2.45) is 0 Å². The lowest BCUT2D eigenvalue weighted by Crippen LogP contribution is -2.48. The fraction of sp³-hybridized carbons (Fsp3) is 0.909. The first-order chi connectivity index (χ1) is 7.63. The standard InChI is InChI=1S/C11H22N2O3/c1-9(2)12-11(15)3-4-13-5-6-16-8-10(13)7-14/h9-10,14H,3-8H2,1-2H3,(H,12,15). The van der Waals surface area contributed by atoms with E-state index in [9.17, 15) is 4.79 Å². The number of carbonyl (C=O) groups is 1. The molecule has 0 radical (unpaired) electrons. The maximum absolute atomic E-state index is 11.5. The second-order valence-corrected chi connectivity index (χ2v) is 4.42. The van der Waals surface area contributed by atoms with E-state index in [0.29, 0.717) is 26.2 Å². The molecule has 5 nitrogen and oxygen atoms in total. The van der Waals surface area contributed by atoms with E-state index in [1.54, 1.807) is 0 Å². The molecule has 1 aliphatic rings. The fourth-order valence-electron chi connectivity index (χ4n) is 1.79. The summed E-state index contributed by atoms with van der Waals surface area (Å²) < 4.78 is 5.27. The largest absolute Gasteiger partial charge is 0.395 e. The predicted octanol–water partition coefficient (Wildman–Crippen LogP) is -0.406. The first kappa shape index (κ1) is 13.4. The number of aliphatic hydroxyl groups excluding tert-OH is 1. The number of ether oxygens (including phenoxy) is 1. The zero-order valence-electron chi connectivity index (χ0n) is 10.1. The number of rotatable bonds is 5. The van der Waals surface area contributed by atoms with Gasteiger partial charge in [0.1, 0.15) is 0 Å². The van der Waals surface area contributed by atoms with Gasteiger partial charge in [0.05, 0.1) is 25.9 Å². The van der Waals surface area contributed by atoms with Crippen molar-refractivity contribution in [3.8, 4) is 0 Å². The molecule has 0 aromatic rings. The van der Waals surface area contributed by atoms with Gasteiger partial charge < -0.3 is 15.2 Å².